The molecule has 7 nitrogen and oxygen atoms in total. The number of pyridine rings is 1. The average molecular weight is 383 g/mol. The lowest BCUT2D eigenvalue weighted by molar-refractivity contribution is 0.174. The SMILES string of the molecule is Cc1ccccc1S(=O)(=O)Nc1ccc(Nc2ccc3c(c2)OCO3)cn1. The number of ether oxygens (including phenoxy) is 2. The minimum Gasteiger partial charge on any atom is -0.454 e. The molecule has 138 valence electrons. The highest BCUT2D eigenvalue weighted by Gasteiger charge is 2.17. The molecule has 0 aliphatic carbocycles. The summed E-state index contributed by atoms with van der Waals surface area (Å²) in [6.07, 6.45) is 1.56. The maximum absolute atomic E-state index is 12.5. The van der Waals surface area contributed by atoms with Gasteiger partial charge in [0.1, 0.15) is 5.82 Å². The van der Waals surface area contributed by atoms with Gasteiger partial charge in [0.25, 0.3) is 10.0 Å². The van der Waals surface area contributed by atoms with Gasteiger partial charge in [0.05, 0.1) is 16.8 Å². The average Bonchev–Trinajstić information content (AvgIpc) is 3.11. The zero-order valence-electron chi connectivity index (χ0n) is 14.5. The molecule has 0 saturated carbocycles. The Morgan fingerprint density at radius 3 is 2.52 bits per heavy atom. The van der Waals surface area contributed by atoms with Crippen LogP contribution in [0.1, 0.15) is 5.56 Å². The van der Waals surface area contributed by atoms with Crippen molar-refractivity contribution in [1.29, 1.82) is 0 Å². The molecule has 0 bridgehead atoms. The molecule has 2 aromatic carbocycles. The molecule has 0 unspecified atom stereocenters. The van der Waals surface area contributed by atoms with Crippen LogP contribution >= 0.6 is 0 Å². The Kier molecular flexibility index (Phi) is 4.33. The van der Waals surface area contributed by atoms with Crippen LogP contribution in [0.4, 0.5) is 17.2 Å². The van der Waals surface area contributed by atoms with Crippen LogP contribution in [0.5, 0.6) is 11.5 Å². The zero-order chi connectivity index (χ0) is 18.9. The van der Waals surface area contributed by atoms with Crippen molar-refractivity contribution in [3.63, 3.8) is 0 Å². The van der Waals surface area contributed by atoms with E-state index in [4.69, 9.17) is 9.47 Å². The minimum atomic E-state index is -3.69. The first-order valence-electron chi connectivity index (χ1n) is 8.22. The Bertz CT molecular complexity index is 1080. The summed E-state index contributed by atoms with van der Waals surface area (Å²) in [5, 5.41) is 3.19. The molecule has 2 N–H and O–H groups in total. The highest BCUT2D eigenvalue weighted by molar-refractivity contribution is 7.92. The summed E-state index contributed by atoms with van der Waals surface area (Å²) in [6.45, 7) is 1.97. The van der Waals surface area contributed by atoms with Crippen LogP contribution in [0.2, 0.25) is 0 Å². The predicted octanol–water partition coefficient (Wildman–Crippen LogP) is 3.66. The zero-order valence-corrected chi connectivity index (χ0v) is 15.3. The van der Waals surface area contributed by atoms with Crippen molar-refractivity contribution in [3.8, 4) is 11.5 Å². The van der Waals surface area contributed by atoms with E-state index in [0.717, 1.165) is 5.69 Å². The Morgan fingerprint density at radius 2 is 1.74 bits per heavy atom. The summed E-state index contributed by atoms with van der Waals surface area (Å²) < 4.78 is 38.2. The molecule has 0 spiro atoms. The number of benzene rings is 2. The topological polar surface area (TPSA) is 89.6 Å². The second kappa shape index (κ2) is 6.81. The van der Waals surface area contributed by atoms with Gasteiger partial charge in [-0.25, -0.2) is 13.4 Å². The fraction of sp³-hybridized carbons (Fsp3) is 0.105. The maximum atomic E-state index is 12.5. The van der Waals surface area contributed by atoms with Crippen LogP contribution in [0.25, 0.3) is 0 Å². The summed E-state index contributed by atoms with van der Waals surface area (Å²) in [7, 11) is -3.69. The quantitative estimate of drug-likeness (QED) is 0.699. The van der Waals surface area contributed by atoms with E-state index in [0.29, 0.717) is 22.7 Å². The molecule has 27 heavy (non-hydrogen) atoms. The lowest BCUT2D eigenvalue weighted by Gasteiger charge is -2.11. The number of sulfonamides is 1. The fourth-order valence-corrected chi connectivity index (χ4v) is 3.98. The molecule has 0 radical (unpaired) electrons. The smallest absolute Gasteiger partial charge is 0.263 e. The van der Waals surface area contributed by atoms with Gasteiger partial charge in [-0.2, -0.15) is 0 Å². The first-order chi connectivity index (χ1) is 13.0. The second-order valence-corrected chi connectivity index (χ2v) is 7.65. The molecule has 8 heteroatoms. The van der Waals surface area contributed by atoms with E-state index in [1.807, 2.05) is 18.2 Å². The highest BCUT2D eigenvalue weighted by Crippen LogP contribution is 2.35. The molecule has 1 aromatic heterocycles. The lowest BCUT2D eigenvalue weighted by Crippen LogP contribution is -2.15. The van der Waals surface area contributed by atoms with Crippen LogP contribution in [0.15, 0.2) is 65.7 Å². The number of hydrogen-bond donors (Lipinski definition) is 2. The maximum Gasteiger partial charge on any atom is 0.263 e. The van der Waals surface area contributed by atoms with Crippen molar-refractivity contribution in [2.75, 3.05) is 16.8 Å². The second-order valence-electron chi connectivity index (χ2n) is 6.00. The molecule has 0 fully saturated rings. The fourth-order valence-electron chi connectivity index (χ4n) is 2.72. The monoisotopic (exact) mass is 383 g/mol. The molecule has 0 atom stereocenters. The number of nitrogens with one attached hydrogen (secondary N) is 2. The standard InChI is InChI=1S/C19H17N3O4S/c1-13-4-2-3-5-18(13)27(23,24)22-19-9-7-15(11-20-19)21-14-6-8-16-17(10-14)26-12-25-16/h2-11,21H,12H2,1H3,(H,20,22). The van der Waals surface area contributed by atoms with Gasteiger partial charge < -0.3 is 14.8 Å². The first-order valence-corrected chi connectivity index (χ1v) is 9.71. The Labute approximate surface area is 157 Å². The molecule has 2 heterocycles. The van der Waals surface area contributed by atoms with Crippen molar-refractivity contribution >= 4 is 27.2 Å². The van der Waals surface area contributed by atoms with Gasteiger partial charge >= 0.3 is 0 Å². The summed E-state index contributed by atoms with van der Waals surface area (Å²) in [5.41, 5.74) is 2.20. The van der Waals surface area contributed by atoms with Crippen molar-refractivity contribution in [3.05, 3.63) is 66.4 Å². The van der Waals surface area contributed by atoms with Crippen molar-refractivity contribution in [2.24, 2.45) is 0 Å². The molecular formula is C19H17N3O4S. The number of anilines is 3. The third-order valence-electron chi connectivity index (χ3n) is 4.05. The van der Waals surface area contributed by atoms with Crippen molar-refractivity contribution in [1.82, 2.24) is 4.98 Å². The van der Waals surface area contributed by atoms with Crippen LogP contribution in [0.3, 0.4) is 0 Å². The molecule has 0 amide bonds. The number of fused-ring (bicyclic) bond motifs is 1. The third-order valence-corrected chi connectivity index (χ3v) is 5.56. The van der Waals surface area contributed by atoms with Crippen LogP contribution in [-0.4, -0.2) is 20.2 Å². The molecular weight excluding hydrogens is 366 g/mol. The molecule has 3 aromatic rings. The van der Waals surface area contributed by atoms with Crippen LogP contribution < -0.4 is 19.5 Å². The Morgan fingerprint density at radius 1 is 0.963 bits per heavy atom. The van der Waals surface area contributed by atoms with E-state index < -0.39 is 10.0 Å². The van der Waals surface area contributed by atoms with E-state index >= 15 is 0 Å². The molecule has 1 aliphatic rings. The summed E-state index contributed by atoms with van der Waals surface area (Å²) in [6, 6.07) is 15.7. The van der Waals surface area contributed by atoms with Crippen LogP contribution in [-0.2, 0) is 10.0 Å². The number of rotatable bonds is 5. The van der Waals surface area contributed by atoms with Crippen molar-refractivity contribution < 1.29 is 17.9 Å². The summed E-state index contributed by atoms with van der Waals surface area (Å²) in [5.74, 6) is 1.63. The summed E-state index contributed by atoms with van der Waals surface area (Å²) in [4.78, 5) is 4.41. The number of aromatic nitrogens is 1. The normalized spacial score (nSPS) is 12.6. The first kappa shape index (κ1) is 17.2. The molecule has 4 rings (SSSR count). The minimum absolute atomic E-state index is 0.218. The summed E-state index contributed by atoms with van der Waals surface area (Å²) >= 11 is 0. The van der Waals surface area contributed by atoms with Gasteiger partial charge in [0.2, 0.25) is 6.79 Å². The Hall–Kier alpha value is -3.26. The van der Waals surface area contributed by atoms with Crippen molar-refractivity contribution in [2.45, 2.75) is 11.8 Å². The molecule has 0 saturated heterocycles. The number of aryl methyl sites for hydroxylation is 1. The Balaban J connectivity index is 1.48. The lowest BCUT2D eigenvalue weighted by atomic mass is 10.2. The number of hydrogen-bond acceptors (Lipinski definition) is 6. The largest absolute Gasteiger partial charge is 0.454 e. The number of nitrogens with zero attached hydrogens (tertiary/aromatic N) is 1. The van der Waals surface area contributed by atoms with Gasteiger partial charge in [-0.15, -0.1) is 0 Å². The van der Waals surface area contributed by atoms with E-state index in [9.17, 15) is 8.42 Å². The van der Waals surface area contributed by atoms with Gasteiger partial charge in [-0.1, -0.05) is 18.2 Å². The van der Waals surface area contributed by atoms with E-state index in [2.05, 4.69) is 15.0 Å². The third kappa shape index (κ3) is 3.65. The van der Waals surface area contributed by atoms with Crippen LogP contribution in [0, 0.1) is 6.92 Å². The van der Waals surface area contributed by atoms with Gasteiger partial charge in [-0.05, 0) is 42.8 Å². The van der Waals surface area contributed by atoms with Gasteiger partial charge in [0, 0.05) is 11.8 Å². The highest BCUT2D eigenvalue weighted by atomic mass is 32.2. The van der Waals surface area contributed by atoms with Gasteiger partial charge in [-0.3, -0.25) is 4.72 Å². The predicted molar refractivity (Wildman–Crippen MR) is 102 cm³/mol. The van der Waals surface area contributed by atoms with E-state index in [1.54, 1.807) is 49.5 Å². The van der Waals surface area contributed by atoms with E-state index in [-0.39, 0.29) is 17.5 Å². The van der Waals surface area contributed by atoms with E-state index in [1.165, 1.54) is 0 Å². The molecule has 1 aliphatic heterocycles. The van der Waals surface area contributed by atoms with Gasteiger partial charge in [0.15, 0.2) is 11.5 Å².